The van der Waals surface area contributed by atoms with E-state index in [0.717, 1.165) is 5.56 Å². The highest BCUT2D eigenvalue weighted by Gasteiger charge is 2.28. The summed E-state index contributed by atoms with van der Waals surface area (Å²) in [6.45, 7) is 0. The molecular formula is C18H15ClFN5O2. The van der Waals surface area contributed by atoms with E-state index in [1.54, 1.807) is 32.4 Å². The Morgan fingerprint density at radius 1 is 1.15 bits per heavy atom. The monoisotopic (exact) mass is 387 g/mol. The van der Waals surface area contributed by atoms with Gasteiger partial charge in [-0.1, -0.05) is 22.8 Å². The van der Waals surface area contributed by atoms with Crippen molar-refractivity contribution in [1.29, 1.82) is 0 Å². The molecule has 0 saturated carbocycles. The first kappa shape index (κ1) is 17.3. The van der Waals surface area contributed by atoms with Gasteiger partial charge in [-0.05, 0) is 46.8 Å². The van der Waals surface area contributed by atoms with Gasteiger partial charge in [0.25, 0.3) is 0 Å². The zero-order valence-corrected chi connectivity index (χ0v) is 15.2. The molecule has 27 heavy (non-hydrogen) atoms. The molecule has 0 spiro atoms. The molecule has 0 amide bonds. The minimum absolute atomic E-state index is 0.297. The predicted molar refractivity (Wildman–Crippen MR) is 98.5 cm³/mol. The van der Waals surface area contributed by atoms with E-state index >= 15 is 0 Å². The van der Waals surface area contributed by atoms with E-state index < -0.39 is 11.9 Å². The maximum absolute atomic E-state index is 14.5. The van der Waals surface area contributed by atoms with Gasteiger partial charge in [0.1, 0.15) is 11.9 Å². The van der Waals surface area contributed by atoms with Crippen molar-refractivity contribution >= 4 is 23.2 Å². The Morgan fingerprint density at radius 2 is 1.96 bits per heavy atom. The third-order valence-corrected chi connectivity index (χ3v) is 4.65. The molecule has 1 aliphatic rings. The van der Waals surface area contributed by atoms with Crippen LogP contribution in [0.1, 0.15) is 17.2 Å². The van der Waals surface area contributed by atoms with Gasteiger partial charge in [-0.25, -0.2) is 4.39 Å². The van der Waals surface area contributed by atoms with E-state index in [1.807, 2.05) is 18.2 Å². The van der Waals surface area contributed by atoms with Crippen molar-refractivity contribution in [3.8, 4) is 11.5 Å². The number of hydrogen-bond donors (Lipinski definition) is 1. The topological polar surface area (TPSA) is 74.1 Å². The summed E-state index contributed by atoms with van der Waals surface area (Å²) in [5.74, 6) is 1.13. The molecule has 7 nitrogen and oxygen atoms in total. The summed E-state index contributed by atoms with van der Waals surface area (Å²) in [5, 5.41) is 15.1. The largest absolute Gasteiger partial charge is 0.493 e. The molecule has 0 radical (unpaired) electrons. The Hall–Kier alpha value is -3.13. The second-order valence-corrected chi connectivity index (χ2v) is 6.21. The Balaban J connectivity index is 1.85. The fourth-order valence-corrected chi connectivity index (χ4v) is 3.30. The van der Waals surface area contributed by atoms with Crippen molar-refractivity contribution in [2.24, 2.45) is 0 Å². The zero-order chi connectivity index (χ0) is 19.0. The van der Waals surface area contributed by atoms with Crippen LogP contribution in [-0.2, 0) is 0 Å². The van der Waals surface area contributed by atoms with Gasteiger partial charge >= 0.3 is 0 Å². The van der Waals surface area contributed by atoms with Crippen LogP contribution in [0.25, 0.3) is 5.70 Å². The molecule has 3 aromatic rings. The lowest BCUT2D eigenvalue weighted by molar-refractivity contribution is 0.355. The normalized spacial score (nSPS) is 15.6. The number of tetrazole rings is 1. The third-order valence-electron chi connectivity index (χ3n) is 4.32. The van der Waals surface area contributed by atoms with Gasteiger partial charge in [0.15, 0.2) is 11.5 Å². The Kier molecular flexibility index (Phi) is 4.41. The quantitative estimate of drug-likeness (QED) is 0.738. The molecule has 2 aromatic carbocycles. The van der Waals surface area contributed by atoms with Crippen LogP contribution < -0.4 is 14.8 Å². The summed E-state index contributed by atoms with van der Waals surface area (Å²) in [4.78, 5) is 0. The molecular weight excluding hydrogens is 373 g/mol. The minimum Gasteiger partial charge on any atom is -0.493 e. The number of fused-ring (bicyclic) bond motifs is 1. The number of halogens is 2. The average molecular weight is 388 g/mol. The number of nitrogens with one attached hydrogen (secondary N) is 1. The van der Waals surface area contributed by atoms with Crippen LogP contribution >= 0.6 is 11.6 Å². The molecule has 1 aliphatic heterocycles. The summed E-state index contributed by atoms with van der Waals surface area (Å²) in [7, 11) is 3.13. The zero-order valence-electron chi connectivity index (χ0n) is 14.5. The molecule has 0 fully saturated rings. The maximum atomic E-state index is 14.5. The van der Waals surface area contributed by atoms with Gasteiger partial charge < -0.3 is 14.8 Å². The van der Waals surface area contributed by atoms with Crippen LogP contribution in [-0.4, -0.2) is 34.4 Å². The lowest BCUT2D eigenvalue weighted by Gasteiger charge is -2.24. The van der Waals surface area contributed by atoms with Crippen LogP contribution in [0.15, 0.2) is 42.5 Å². The number of nitrogens with zero attached hydrogens (tertiary/aromatic N) is 4. The maximum Gasteiger partial charge on any atom is 0.248 e. The number of aromatic nitrogens is 4. The van der Waals surface area contributed by atoms with Crippen molar-refractivity contribution in [3.05, 3.63) is 64.4 Å². The van der Waals surface area contributed by atoms with Crippen molar-refractivity contribution in [2.45, 2.75) is 6.04 Å². The molecule has 0 aliphatic carbocycles. The van der Waals surface area contributed by atoms with Gasteiger partial charge in [0, 0.05) is 21.8 Å². The van der Waals surface area contributed by atoms with Crippen molar-refractivity contribution in [2.75, 3.05) is 19.5 Å². The fraction of sp³-hybridized carbons (Fsp3) is 0.167. The summed E-state index contributed by atoms with van der Waals surface area (Å²) >= 11 is 6.27. The lowest BCUT2D eigenvalue weighted by atomic mass is 10.0. The highest BCUT2D eigenvalue weighted by molar-refractivity contribution is 6.31. The van der Waals surface area contributed by atoms with E-state index in [2.05, 4.69) is 20.8 Å². The number of rotatable bonds is 4. The van der Waals surface area contributed by atoms with E-state index in [9.17, 15) is 4.39 Å². The van der Waals surface area contributed by atoms with Crippen molar-refractivity contribution in [1.82, 2.24) is 20.2 Å². The van der Waals surface area contributed by atoms with Gasteiger partial charge in [-0.2, -0.15) is 4.68 Å². The summed E-state index contributed by atoms with van der Waals surface area (Å²) in [6, 6.07) is 9.42. The van der Waals surface area contributed by atoms with Crippen LogP contribution in [0.4, 0.5) is 10.3 Å². The summed E-state index contributed by atoms with van der Waals surface area (Å²) in [5.41, 5.74) is 1.80. The van der Waals surface area contributed by atoms with E-state index in [0.29, 0.717) is 33.7 Å². The van der Waals surface area contributed by atoms with Crippen LogP contribution in [0, 0.1) is 5.82 Å². The number of hydrogen-bond acceptors (Lipinski definition) is 6. The van der Waals surface area contributed by atoms with E-state index in [1.165, 1.54) is 10.7 Å². The van der Waals surface area contributed by atoms with E-state index in [4.69, 9.17) is 21.1 Å². The molecule has 1 aromatic heterocycles. The third kappa shape index (κ3) is 2.97. The van der Waals surface area contributed by atoms with Gasteiger partial charge in [0.2, 0.25) is 5.95 Å². The highest BCUT2D eigenvalue weighted by Crippen LogP contribution is 2.37. The van der Waals surface area contributed by atoms with Crippen LogP contribution in [0.2, 0.25) is 5.02 Å². The first-order chi connectivity index (χ1) is 13.1. The highest BCUT2D eigenvalue weighted by atomic mass is 35.5. The lowest BCUT2D eigenvalue weighted by Crippen LogP contribution is -2.21. The molecule has 1 unspecified atom stereocenters. The Bertz CT molecular complexity index is 1020. The average Bonchev–Trinajstić information content (AvgIpc) is 3.16. The summed E-state index contributed by atoms with van der Waals surface area (Å²) in [6.07, 6.45) is 1.81. The smallest absolute Gasteiger partial charge is 0.248 e. The molecule has 2 heterocycles. The standard InChI is InChI=1S/C18H15ClFN5O2/c1-26-15-7-6-10(8-16(15)27-2)13-9-14(25-18(21-13)22-23-24-25)17-11(19)4-3-5-12(17)20/h3-9,14H,1-2H3,(H,21,22,24). The number of anilines is 1. The number of allylic oxidation sites excluding steroid dienone is 1. The molecule has 0 saturated heterocycles. The number of benzene rings is 2. The van der Waals surface area contributed by atoms with E-state index in [-0.39, 0.29) is 0 Å². The molecule has 0 bridgehead atoms. The minimum atomic E-state index is -0.604. The second-order valence-electron chi connectivity index (χ2n) is 5.80. The van der Waals surface area contributed by atoms with Gasteiger partial charge in [-0.15, -0.1) is 0 Å². The van der Waals surface area contributed by atoms with Crippen LogP contribution in [0.3, 0.4) is 0 Å². The first-order valence-electron chi connectivity index (χ1n) is 8.05. The molecule has 138 valence electrons. The second kappa shape index (κ2) is 6.88. The molecule has 9 heteroatoms. The molecule has 1 atom stereocenters. The molecule has 4 rings (SSSR count). The number of methoxy groups -OCH3 is 2. The number of ether oxygens (including phenoxy) is 2. The summed E-state index contributed by atoms with van der Waals surface area (Å²) < 4.78 is 26.7. The first-order valence-corrected chi connectivity index (χ1v) is 8.43. The van der Waals surface area contributed by atoms with Crippen LogP contribution in [0.5, 0.6) is 11.5 Å². The van der Waals surface area contributed by atoms with Crippen molar-refractivity contribution in [3.63, 3.8) is 0 Å². The Morgan fingerprint density at radius 3 is 2.70 bits per heavy atom. The predicted octanol–water partition coefficient (Wildman–Crippen LogP) is 3.54. The SMILES string of the molecule is COc1ccc(C2=CC(c3c(F)cccc3Cl)n3nnnc3N2)cc1OC. The Labute approximate surface area is 159 Å². The van der Waals surface area contributed by atoms with Crippen molar-refractivity contribution < 1.29 is 13.9 Å². The fourth-order valence-electron chi connectivity index (χ4n) is 3.02. The molecule has 1 N–H and O–H groups in total. The van der Waals surface area contributed by atoms with Gasteiger partial charge in [0.05, 0.1) is 14.2 Å². The van der Waals surface area contributed by atoms with Gasteiger partial charge in [-0.3, -0.25) is 0 Å².